The lowest BCUT2D eigenvalue weighted by Gasteiger charge is -2.44. The van der Waals surface area contributed by atoms with Crippen molar-refractivity contribution in [1.82, 2.24) is 9.97 Å². The van der Waals surface area contributed by atoms with Crippen molar-refractivity contribution >= 4 is 22.7 Å². The van der Waals surface area contributed by atoms with Crippen LogP contribution in [0, 0.1) is 5.92 Å². The zero-order chi connectivity index (χ0) is 25.3. The summed E-state index contributed by atoms with van der Waals surface area (Å²) in [4.78, 5) is 9.03. The molecule has 1 aromatic carbocycles. The Morgan fingerprint density at radius 3 is 1.77 bits per heavy atom. The largest absolute Gasteiger partial charge is 0.264 e. The molecule has 1 aliphatic carbocycles. The zero-order valence-electron chi connectivity index (χ0n) is 21.9. The molecule has 1 aliphatic rings. The number of hydrogen-bond donors (Lipinski definition) is 0. The highest BCUT2D eigenvalue weighted by atomic mass is 31.1. The van der Waals surface area contributed by atoms with E-state index >= 15 is 0 Å². The fourth-order valence-corrected chi connectivity index (χ4v) is 9.88. The van der Waals surface area contributed by atoms with Crippen LogP contribution in [-0.2, 0) is 5.16 Å². The smallest absolute Gasteiger partial charge is 0.0590 e. The maximum Gasteiger partial charge on any atom is 0.0590 e. The first kappa shape index (κ1) is 25.9. The van der Waals surface area contributed by atoms with E-state index in [1.54, 1.807) is 0 Å². The molecule has 0 aliphatic heterocycles. The van der Waals surface area contributed by atoms with Crippen molar-refractivity contribution in [3.8, 4) is 0 Å². The van der Waals surface area contributed by atoms with Gasteiger partial charge in [-0.25, -0.2) is 0 Å². The van der Waals surface area contributed by atoms with Crippen LogP contribution in [0.3, 0.4) is 0 Å². The summed E-state index contributed by atoms with van der Waals surface area (Å²) in [5.74, 6) is 0.327. The van der Waals surface area contributed by atoms with Crippen molar-refractivity contribution in [2.45, 2.75) is 57.0 Å². The molecule has 2 unspecified atom stereocenters. The monoisotopic (exact) mass is 500 g/mol. The van der Waals surface area contributed by atoms with E-state index in [2.05, 4.69) is 115 Å². The van der Waals surface area contributed by atoms with Gasteiger partial charge in [-0.2, -0.15) is 0 Å². The van der Waals surface area contributed by atoms with Gasteiger partial charge in [0.25, 0.3) is 0 Å². The Kier molecular flexibility index (Phi) is 7.47. The summed E-state index contributed by atoms with van der Waals surface area (Å²) >= 11 is 0. The van der Waals surface area contributed by atoms with Crippen LogP contribution in [0.1, 0.15) is 58.2 Å². The van der Waals surface area contributed by atoms with Crippen molar-refractivity contribution in [2.24, 2.45) is 5.92 Å². The lowest BCUT2D eigenvalue weighted by molar-refractivity contribution is 0.676. The standard InChI is InChI=1S/C31H38N2P2/c1-29(2,3)35(30(4,5)6)22-25-18-24(23-12-8-7-9-13-23)19-28(25)31(34,26-14-10-16-32-20-26)27-15-11-17-33-21-27/h7-21,25H,22,34H2,1-6H3. The number of nitrogens with zero attached hydrogens (tertiary/aromatic N) is 2. The number of allylic oxidation sites excluding steroid dienone is 4. The Morgan fingerprint density at radius 2 is 1.31 bits per heavy atom. The first-order valence-corrected chi connectivity index (χ1v) is 14.5. The Bertz CT molecular complexity index is 1130. The Morgan fingerprint density at radius 1 is 0.771 bits per heavy atom. The Balaban J connectivity index is 1.90. The molecule has 0 radical (unpaired) electrons. The number of hydrogen-bond acceptors (Lipinski definition) is 2. The third kappa shape index (κ3) is 5.50. The molecule has 2 heterocycles. The summed E-state index contributed by atoms with van der Waals surface area (Å²) in [7, 11) is 2.94. The third-order valence-corrected chi connectivity index (χ3v) is 11.9. The van der Waals surface area contributed by atoms with Crippen LogP contribution in [0.15, 0.2) is 97.1 Å². The van der Waals surface area contributed by atoms with Gasteiger partial charge in [-0.05, 0) is 56.4 Å². The van der Waals surface area contributed by atoms with Gasteiger partial charge in [0.15, 0.2) is 0 Å². The van der Waals surface area contributed by atoms with E-state index in [9.17, 15) is 0 Å². The molecule has 0 N–H and O–H groups in total. The quantitative estimate of drug-likeness (QED) is 0.318. The second-order valence-corrected chi connectivity index (χ2v) is 16.2. The molecule has 0 saturated heterocycles. The minimum absolute atomic E-state index is 0.258. The molecule has 182 valence electrons. The average Bonchev–Trinajstić information content (AvgIpc) is 3.27. The van der Waals surface area contributed by atoms with Crippen LogP contribution < -0.4 is 0 Å². The van der Waals surface area contributed by atoms with Crippen molar-refractivity contribution in [3.05, 3.63) is 114 Å². The lowest BCUT2D eigenvalue weighted by atomic mass is 9.81. The van der Waals surface area contributed by atoms with E-state index < -0.39 is 5.16 Å². The van der Waals surface area contributed by atoms with Gasteiger partial charge >= 0.3 is 0 Å². The predicted molar refractivity (Wildman–Crippen MR) is 156 cm³/mol. The van der Waals surface area contributed by atoms with Gasteiger partial charge in [-0.15, -0.1) is 9.24 Å². The molecular weight excluding hydrogens is 462 g/mol. The van der Waals surface area contributed by atoms with Crippen molar-refractivity contribution in [2.75, 3.05) is 6.16 Å². The third-order valence-electron chi connectivity index (χ3n) is 6.89. The lowest BCUT2D eigenvalue weighted by Crippen LogP contribution is -2.32. The maximum atomic E-state index is 4.52. The molecule has 0 bridgehead atoms. The van der Waals surface area contributed by atoms with Gasteiger partial charge in [-0.3, -0.25) is 9.97 Å². The zero-order valence-corrected chi connectivity index (χ0v) is 23.9. The number of rotatable bonds is 6. The van der Waals surface area contributed by atoms with Crippen LogP contribution in [0.25, 0.3) is 5.57 Å². The molecule has 2 aromatic heterocycles. The molecule has 4 heteroatoms. The average molecular weight is 501 g/mol. The summed E-state index contributed by atoms with van der Waals surface area (Å²) in [6, 6.07) is 19.3. The summed E-state index contributed by atoms with van der Waals surface area (Å²) in [5.41, 5.74) is 6.33. The van der Waals surface area contributed by atoms with Gasteiger partial charge < -0.3 is 0 Å². The Hall–Kier alpha value is -2.14. The molecule has 0 amide bonds. The summed E-state index contributed by atoms with van der Waals surface area (Å²) in [6.45, 7) is 14.5. The highest BCUT2D eigenvalue weighted by Gasteiger charge is 2.43. The molecule has 2 atom stereocenters. The number of pyridine rings is 2. The number of aromatic nitrogens is 2. The van der Waals surface area contributed by atoms with Crippen LogP contribution in [0.5, 0.6) is 0 Å². The van der Waals surface area contributed by atoms with Crippen molar-refractivity contribution < 1.29 is 0 Å². The first-order chi connectivity index (χ1) is 16.5. The van der Waals surface area contributed by atoms with Gasteiger partial charge in [0.1, 0.15) is 0 Å². The van der Waals surface area contributed by atoms with Gasteiger partial charge in [-0.1, -0.05) is 104 Å². The fraction of sp³-hybridized carbons (Fsp3) is 0.355. The predicted octanol–water partition coefficient (Wildman–Crippen LogP) is 8.31. The van der Waals surface area contributed by atoms with Crippen LogP contribution in [0.2, 0.25) is 0 Å². The Labute approximate surface area is 215 Å². The minimum atomic E-state index is -0.406. The van der Waals surface area contributed by atoms with E-state index in [0.717, 1.165) is 6.16 Å². The molecule has 0 spiro atoms. The number of benzene rings is 1. The van der Waals surface area contributed by atoms with Gasteiger partial charge in [0.2, 0.25) is 0 Å². The summed E-state index contributed by atoms with van der Waals surface area (Å²) in [5, 5.41) is 0.110. The molecule has 3 aromatic rings. The highest BCUT2D eigenvalue weighted by molar-refractivity contribution is 7.60. The second kappa shape index (κ2) is 10.1. The normalized spacial score (nSPS) is 16.9. The van der Waals surface area contributed by atoms with Crippen LogP contribution in [-0.4, -0.2) is 26.4 Å². The van der Waals surface area contributed by atoms with E-state index in [4.69, 9.17) is 0 Å². The molecule has 4 rings (SSSR count). The second-order valence-electron chi connectivity index (χ2n) is 11.4. The van der Waals surface area contributed by atoms with Crippen molar-refractivity contribution in [3.63, 3.8) is 0 Å². The fourth-order valence-electron chi connectivity index (χ4n) is 5.44. The van der Waals surface area contributed by atoms with Gasteiger partial charge in [0, 0.05) is 30.7 Å². The molecule has 0 fully saturated rings. The SMILES string of the molecule is CC(C)(C)P(CC1C=C(c2ccccc2)C=C1C(P)(c1cccnc1)c1cccnc1)C(C)(C)C. The first-order valence-electron chi connectivity index (χ1n) is 12.4. The molecular formula is C31H38N2P2. The maximum absolute atomic E-state index is 4.52. The molecule has 0 saturated carbocycles. The minimum Gasteiger partial charge on any atom is -0.264 e. The highest BCUT2D eigenvalue weighted by Crippen LogP contribution is 2.63. The van der Waals surface area contributed by atoms with E-state index in [-0.39, 0.29) is 18.2 Å². The summed E-state index contributed by atoms with van der Waals surface area (Å²) < 4.78 is 0. The molecule has 2 nitrogen and oxygen atoms in total. The molecule has 35 heavy (non-hydrogen) atoms. The van der Waals surface area contributed by atoms with Crippen LogP contribution in [0.4, 0.5) is 0 Å². The van der Waals surface area contributed by atoms with E-state index in [1.165, 1.54) is 27.8 Å². The van der Waals surface area contributed by atoms with Gasteiger partial charge in [0.05, 0.1) is 5.16 Å². The van der Waals surface area contributed by atoms with E-state index in [0.29, 0.717) is 5.92 Å². The van der Waals surface area contributed by atoms with Crippen LogP contribution >= 0.6 is 17.2 Å². The topological polar surface area (TPSA) is 25.8 Å². The van der Waals surface area contributed by atoms with E-state index in [1.807, 2.05) is 36.9 Å². The summed E-state index contributed by atoms with van der Waals surface area (Å²) in [6.07, 6.45) is 13.8. The van der Waals surface area contributed by atoms with Crippen molar-refractivity contribution in [1.29, 1.82) is 0 Å².